The van der Waals surface area contributed by atoms with Crippen LogP contribution in [0.3, 0.4) is 0 Å². The highest BCUT2D eigenvalue weighted by Gasteiger charge is 2.31. The van der Waals surface area contributed by atoms with Gasteiger partial charge in [-0.2, -0.15) is 0 Å². The number of ether oxygens (including phenoxy) is 1. The van der Waals surface area contributed by atoms with Crippen molar-refractivity contribution in [2.75, 3.05) is 19.8 Å². The second kappa shape index (κ2) is 4.57. The van der Waals surface area contributed by atoms with Crippen molar-refractivity contribution in [2.24, 2.45) is 0 Å². The lowest BCUT2D eigenvalue weighted by Gasteiger charge is -2.20. The lowest BCUT2D eigenvalue weighted by atomic mass is 10.0. The van der Waals surface area contributed by atoms with E-state index in [0.717, 1.165) is 17.1 Å². The van der Waals surface area contributed by atoms with Gasteiger partial charge in [0.15, 0.2) is 0 Å². The van der Waals surface area contributed by atoms with E-state index in [1.54, 1.807) is 11.3 Å². The van der Waals surface area contributed by atoms with Crippen LogP contribution in [0.25, 0.3) is 0 Å². The van der Waals surface area contributed by atoms with Gasteiger partial charge >= 0.3 is 0 Å². The fourth-order valence-corrected chi connectivity index (χ4v) is 2.26. The summed E-state index contributed by atoms with van der Waals surface area (Å²) in [5, 5.41) is 16.3. The van der Waals surface area contributed by atoms with Crippen LogP contribution in [0.15, 0.2) is 5.38 Å². The van der Waals surface area contributed by atoms with Crippen molar-refractivity contribution in [2.45, 2.75) is 25.5 Å². The van der Waals surface area contributed by atoms with Gasteiger partial charge in [0, 0.05) is 31.5 Å². The zero-order valence-electron chi connectivity index (χ0n) is 8.82. The highest BCUT2D eigenvalue weighted by Crippen LogP contribution is 2.17. The Morgan fingerprint density at radius 1 is 1.73 bits per heavy atom. The van der Waals surface area contributed by atoms with Crippen LogP contribution in [0.1, 0.15) is 17.1 Å². The molecule has 0 aliphatic carbocycles. The first-order chi connectivity index (χ1) is 7.18. The highest BCUT2D eigenvalue weighted by atomic mass is 32.1. The second-order valence-corrected chi connectivity index (χ2v) is 5.05. The van der Waals surface area contributed by atoms with Crippen molar-refractivity contribution in [3.63, 3.8) is 0 Å². The summed E-state index contributed by atoms with van der Waals surface area (Å²) < 4.78 is 5.16. The lowest BCUT2D eigenvalue weighted by Crippen LogP contribution is -2.40. The van der Waals surface area contributed by atoms with Crippen molar-refractivity contribution in [1.29, 1.82) is 0 Å². The quantitative estimate of drug-likeness (QED) is 0.796. The van der Waals surface area contributed by atoms with Crippen LogP contribution in [0.4, 0.5) is 0 Å². The minimum Gasteiger partial charge on any atom is -0.386 e. The number of aromatic nitrogens is 1. The Labute approximate surface area is 93.3 Å². The number of aliphatic hydroxyl groups is 1. The third kappa shape index (κ3) is 2.98. The van der Waals surface area contributed by atoms with Gasteiger partial charge in [-0.25, -0.2) is 4.98 Å². The van der Waals surface area contributed by atoms with Crippen LogP contribution in [0.5, 0.6) is 0 Å². The van der Waals surface area contributed by atoms with E-state index in [9.17, 15) is 5.11 Å². The molecular formula is C10H16N2O2S. The monoisotopic (exact) mass is 228 g/mol. The number of nitrogens with zero attached hydrogens (tertiary/aromatic N) is 1. The van der Waals surface area contributed by atoms with Gasteiger partial charge < -0.3 is 15.2 Å². The molecule has 1 aliphatic heterocycles. The standard InChI is InChI=1S/C10H16N2O2S/c1-8-12-9(5-15-8)4-11-6-10(13)2-3-14-7-10/h5,11,13H,2-4,6-7H2,1H3. The van der Waals surface area contributed by atoms with E-state index in [2.05, 4.69) is 10.3 Å². The first-order valence-corrected chi connectivity index (χ1v) is 5.98. The molecule has 1 aromatic heterocycles. The van der Waals surface area contributed by atoms with E-state index in [1.165, 1.54) is 0 Å². The van der Waals surface area contributed by atoms with Gasteiger partial charge in [0.1, 0.15) is 5.60 Å². The van der Waals surface area contributed by atoms with Gasteiger partial charge in [0.05, 0.1) is 17.3 Å². The summed E-state index contributed by atoms with van der Waals surface area (Å²) in [5.41, 5.74) is 0.366. The number of rotatable bonds is 4. The zero-order chi connectivity index (χ0) is 10.7. The summed E-state index contributed by atoms with van der Waals surface area (Å²) in [6.07, 6.45) is 0.718. The van der Waals surface area contributed by atoms with Crippen LogP contribution in [-0.4, -0.2) is 35.5 Å². The Morgan fingerprint density at radius 3 is 3.20 bits per heavy atom. The van der Waals surface area contributed by atoms with E-state index >= 15 is 0 Å². The number of hydrogen-bond donors (Lipinski definition) is 2. The number of hydrogen-bond acceptors (Lipinski definition) is 5. The molecule has 1 saturated heterocycles. The first-order valence-electron chi connectivity index (χ1n) is 5.10. The Kier molecular flexibility index (Phi) is 3.35. The average Bonchev–Trinajstić information content (AvgIpc) is 2.76. The smallest absolute Gasteiger partial charge is 0.103 e. The maximum Gasteiger partial charge on any atom is 0.103 e. The van der Waals surface area contributed by atoms with Crippen molar-refractivity contribution in [3.05, 3.63) is 16.1 Å². The Morgan fingerprint density at radius 2 is 2.60 bits per heavy atom. The molecule has 2 N–H and O–H groups in total. The summed E-state index contributed by atoms with van der Waals surface area (Å²) in [5.74, 6) is 0. The van der Waals surface area contributed by atoms with Crippen molar-refractivity contribution < 1.29 is 9.84 Å². The molecule has 5 heteroatoms. The van der Waals surface area contributed by atoms with E-state index in [1.807, 2.05) is 12.3 Å². The predicted molar refractivity (Wildman–Crippen MR) is 58.9 cm³/mol. The maximum absolute atomic E-state index is 9.97. The summed E-state index contributed by atoms with van der Waals surface area (Å²) in [6.45, 7) is 4.38. The number of nitrogens with one attached hydrogen (secondary N) is 1. The molecular weight excluding hydrogens is 212 g/mol. The first kappa shape index (κ1) is 11.0. The summed E-state index contributed by atoms with van der Waals surface area (Å²) in [4.78, 5) is 4.34. The fraction of sp³-hybridized carbons (Fsp3) is 0.700. The molecule has 1 fully saturated rings. The Bertz CT molecular complexity index is 321. The SMILES string of the molecule is Cc1nc(CNCC2(O)CCOC2)cs1. The molecule has 1 aromatic rings. The molecule has 0 saturated carbocycles. The van der Waals surface area contributed by atoms with Crippen LogP contribution in [0, 0.1) is 6.92 Å². The minimum absolute atomic E-state index is 0.441. The second-order valence-electron chi connectivity index (χ2n) is 3.99. The number of thiazole rings is 1. The molecule has 1 unspecified atom stereocenters. The maximum atomic E-state index is 9.97. The Balaban J connectivity index is 1.75. The van der Waals surface area contributed by atoms with Crippen LogP contribution < -0.4 is 5.32 Å². The predicted octanol–water partition coefficient (Wildman–Crippen LogP) is 0.693. The molecule has 0 amide bonds. The van der Waals surface area contributed by atoms with Crippen molar-refractivity contribution in [1.82, 2.24) is 10.3 Å². The Hall–Kier alpha value is -0.490. The van der Waals surface area contributed by atoms with Crippen LogP contribution >= 0.6 is 11.3 Å². The fourth-order valence-electron chi connectivity index (χ4n) is 1.65. The van der Waals surface area contributed by atoms with Crippen LogP contribution in [-0.2, 0) is 11.3 Å². The molecule has 4 nitrogen and oxygen atoms in total. The van der Waals surface area contributed by atoms with Crippen molar-refractivity contribution in [3.8, 4) is 0 Å². The molecule has 1 atom stereocenters. The van der Waals surface area contributed by atoms with Gasteiger partial charge in [-0.05, 0) is 6.92 Å². The molecule has 84 valence electrons. The van der Waals surface area contributed by atoms with E-state index in [4.69, 9.17) is 4.74 Å². The third-order valence-corrected chi connectivity index (χ3v) is 3.33. The van der Waals surface area contributed by atoms with Crippen LogP contribution in [0.2, 0.25) is 0 Å². The topological polar surface area (TPSA) is 54.4 Å². The van der Waals surface area contributed by atoms with E-state index in [0.29, 0.717) is 26.3 Å². The average molecular weight is 228 g/mol. The van der Waals surface area contributed by atoms with Gasteiger partial charge in [-0.3, -0.25) is 0 Å². The van der Waals surface area contributed by atoms with E-state index in [-0.39, 0.29) is 0 Å². The molecule has 15 heavy (non-hydrogen) atoms. The molecule has 0 radical (unpaired) electrons. The number of aryl methyl sites for hydroxylation is 1. The molecule has 2 heterocycles. The largest absolute Gasteiger partial charge is 0.386 e. The third-order valence-electron chi connectivity index (χ3n) is 2.51. The normalized spacial score (nSPS) is 26.0. The summed E-state index contributed by atoms with van der Waals surface area (Å²) in [7, 11) is 0. The van der Waals surface area contributed by atoms with E-state index < -0.39 is 5.60 Å². The lowest BCUT2D eigenvalue weighted by molar-refractivity contribution is 0.0268. The molecule has 2 rings (SSSR count). The minimum atomic E-state index is -0.676. The van der Waals surface area contributed by atoms with Crippen molar-refractivity contribution >= 4 is 11.3 Å². The van der Waals surface area contributed by atoms with Gasteiger partial charge in [-0.1, -0.05) is 0 Å². The summed E-state index contributed by atoms with van der Waals surface area (Å²) >= 11 is 1.65. The molecule has 0 bridgehead atoms. The van der Waals surface area contributed by atoms with Gasteiger partial charge in [0.2, 0.25) is 0 Å². The van der Waals surface area contributed by atoms with Gasteiger partial charge in [-0.15, -0.1) is 11.3 Å². The highest BCUT2D eigenvalue weighted by molar-refractivity contribution is 7.09. The zero-order valence-corrected chi connectivity index (χ0v) is 9.64. The molecule has 1 aliphatic rings. The molecule has 0 spiro atoms. The summed E-state index contributed by atoms with van der Waals surface area (Å²) in [6, 6.07) is 0. The van der Waals surface area contributed by atoms with Gasteiger partial charge in [0.25, 0.3) is 0 Å². The molecule has 0 aromatic carbocycles.